The minimum Gasteiger partial charge on any atom is -0.497 e. The van der Waals surface area contributed by atoms with Gasteiger partial charge in [0.05, 0.1) is 6.26 Å². The van der Waals surface area contributed by atoms with Crippen LogP contribution in [0, 0.1) is 0 Å². The third-order valence-electron chi connectivity index (χ3n) is 1.24. The maximum absolute atomic E-state index is 5.19. The van der Waals surface area contributed by atoms with E-state index in [9.17, 15) is 0 Å². The Morgan fingerprint density at radius 1 is 1.36 bits per heavy atom. The van der Waals surface area contributed by atoms with Crippen LogP contribution in [-0.4, -0.2) is 6.61 Å². The van der Waals surface area contributed by atoms with E-state index in [1.54, 1.807) is 6.26 Å². The van der Waals surface area contributed by atoms with Gasteiger partial charge in [0.2, 0.25) is 0 Å². The lowest BCUT2D eigenvalue weighted by Crippen LogP contribution is -1.81. The Hall–Kier alpha value is -0.720. The Morgan fingerprint density at radius 3 is 2.64 bits per heavy atom. The normalized spacial score (nSPS) is 10.1. The molecule has 0 spiro atoms. The molecular formula is C10H18O. The monoisotopic (exact) mass is 154 g/mol. The molecule has 0 aromatic carbocycles. The highest BCUT2D eigenvalue weighted by Gasteiger charge is 1.77. The van der Waals surface area contributed by atoms with Gasteiger partial charge in [-0.1, -0.05) is 18.9 Å². The highest BCUT2D eigenvalue weighted by molar-refractivity contribution is 4.93. The Balaban J connectivity index is 3.20. The summed E-state index contributed by atoms with van der Waals surface area (Å²) < 4.78 is 5.19. The molecular weight excluding hydrogens is 136 g/mol. The quantitative estimate of drug-likeness (QED) is 0.335. The first-order valence-electron chi connectivity index (χ1n) is 4.17. The molecule has 0 aromatic heterocycles. The summed E-state index contributed by atoms with van der Waals surface area (Å²) in [6, 6.07) is 0. The van der Waals surface area contributed by atoms with Crippen molar-refractivity contribution >= 4 is 0 Å². The second-order valence-corrected chi connectivity index (χ2v) is 2.78. The molecule has 0 aliphatic rings. The van der Waals surface area contributed by atoms with E-state index in [4.69, 9.17) is 4.74 Å². The van der Waals surface area contributed by atoms with E-state index in [1.165, 1.54) is 12.0 Å². The minimum absolute atomic E-state index is 0.697. The van der Waals surface area contributed by atoms with Crippen LogP contribution >= 0.6 is 0 Å². The van der Waals surface area contributed by atoms with Crippen LogP contribution in [0.15, 0.2) is 24.0 Å². The number of rotatable bonds is 5. The van der Waals surface area contributed by atoms with Crippen molar-refractivity contribution in [1.82, 2.24) is 0 Å². The summed E-state index contributed by atoms with van der Waals surface area (Å²) in [5.74, 6) is 0. The molecule has 0 bridgehead atoms. The van der Waals surface area contributed by atoms with E-state index in [1.807, 2.05) is 0 Å². The van der Waals surface area contributed by atoms with Gasteiger partial charge in [-0.3, -0.25) is 0 Å². The lowest BCUT2D eigenvalue weighted by Gasteiger charge is -1.94. The fourth-order valence-electron chi connectivity index (χ4n) is 0.573. The number of hydrogen-bond donors (Lipinski definition) is 0. The molecule has 64 valence electrons. The van der Waals surface area contributed by atoms with Gasteiger partial charge in [-0.05, 0) is 32.4 Å². The summed E-state index contributed by atoms with van der Waals surface area (Å²) in [7, 11) is 0. The second kappa shape index (κ2) is 7.39. The molecule has 0 radical (unpaired) electrons. The Morgan fingerprint density at radius 2 is 2.09 bits per heavy atom. The Labute approximate surface area is 69.8 Å². The van der Waals surface area contributed by atoms with Crippen molar-refractivity contribution in [1.29, 1.82) is 0 Å². The molecule has 0 saturated carbocycles. The molecule has 0 aliphatic carbocycles. The highest BCUT2D eigenvalue weighted by Crippen LogP contribution is 1.91. The summed E-state index contributed by atoms with van der Waals surface area (Å²) >= 11 is 0. The SMILES string of the molecule is CCC/C=C\OCC=C(C)C. The van der Waals surface area contributed by atoms with E-state index in [2.05, 4.69) is 32.9 Å². The maximum atomic E-state index is 5.19. The van der Waals surface area contributed by atoms with Gasteiger partial charge < -0.3 is 4.74 Å². The van der Waals surface area contributed by atoms with E-state index >= 15 is 0 Å². The highest BCUT2D eigenvalue weighted by atomic mass is 16.5. The summed E-state index contributed by atoms with van der Waals surface area (Å²) in [5, 5.41) is 0. The van der Waals surface area contributed by atoms with Gasteiger partial charge >= 0.3 is 0 Å². The third kappa shape index (κ3) is 9.28. The second-order valence-electron chi connectivity index (χ2n) is 2.78. The van der Waals surface area contributed by atoms with Gasteiger partial charge in [0, 0.05) is 0 Å². The summed E-state index contributed by atoms with van der Waals surface area (Å²) in [5.41, 5.74) is 1.30. The van der Waals surface area contributed by atoms with Gasteiger partial charge in [-0.2, -0.15) is 0 Å². The first kappa shape index (κ1) is 10.3. The third-order valence-corrected chi connectivity index (χ3v) is 1.24. The topological polar surface area (TPSA) is 9.23 Å². The van der Waals surface area contributed by atoms with Crippen molar-refractivity contribution in [2.45, 2.75) is 33.6 Å². The van der Waals surface area contributed by atoms with Crippen molar-refractivity contribution in [2.75, 3.05) is 6.61 Å². The van der Waals surface area contributed by atoms with Crippen LogP contribution in [0.5, 0.6) is 0 Å². The van der Waals surface area contributed by atoms with Crippen LogP contribution in [0.2, 0.25) is 0 Å². The zero-order valence-electron chi connectivity index (χ0n) is 7.76. The number of hydrogen-bond acceptors (Lipinski definition) is 1. The molecule has 0 N–H and O–H groups in total. The molecule has 0 fully saturated rings. The standard InChI is InChI=1S/C10H18O/c1-4-5-6-8-11-9-7-10(2)3/h6-8H,4-5,9H2,1-3H3/b8-6-. The van der Waals surface area contributed by atoms with E-state index in [0.29, 0.717) is 6.61 Å². The van der Waals surface area contributed by atoms with Gasteiger partial charge in [0.15, 0.2) is 0 Å². The van der Waals surface area contributed by atoms with Gasteiger partial charge in [-0.25, -0.2) is 0 Å². The molecule has 0 aromatic rings. The first-order valence-corrected chi connectivity index (χ1v) is 4.17. The fraction of sp³-hybridized carbons (Fsp3) is 0.600. The zero-order chi connectivity index (χ0) is 8.53. The fourth-order valence-corrected chi connectivity index (χ4v) is 0.573. The van der Waals surface area contributed by atoms with E-state index in [0.717, 1.165) is 6.42 Å². The number of allylic oxidation sites excluding steroid dienone is 2. The molecule has 0 aliphatic heterocycles. The van der Waals surface area contributed by atoms with Crippen molar-refractivity contribution in [3.8, 4) is 0 Å². The smallest absolute Gasteiger partial charge is 0.106 e. The van der Waals surface area contributed by atoms with Crippen LogP contribution < -0.4 is 0 Å². The van der Waals surface area contributed by atoms with Gasteiger partial charge in [-0.15, -0.1) is 0 Å². The molecule has 11 heavy (non-hydrogen) atoms. The van der Waals surface area contributed by atoms with Crippen molar-refractivity contribution < 1.29 is 4.74 Å². The molecule has 0 unspecified atom stereocenters. The molecule has 0 saturated heterocycles. The number of unbranched alkanes of at least 4 members (excludes halogenated alkanes) is 1. The molecule has 0 heterocycles. The number of ether oxygens (including phenoxy) is 1. The Kier molecular flexibility index (Phi) is 6.90. The molecule has 0 amide bonds. The molecule has 0 atom stereocenters. The first-order chi connectivity index (χ1) is 5.27. The molecule has 1 nitrogen and oxygen atoms in total. The Bertz CT molecular complexity index is 130. The minimum atomic E-state index is 0.697. The lowest BCUT2D eigenvalue weighted by atomic mass is 10.3. The summed E-state index contributed by atoms with van der Waals surface area (Å²) in [6.45, 7) is 6.99. The van der Waals surface area contributed by atoms with Gasteiger partial charge in [0.25, 0.3) is 0 Å². The summed E-state index contributed by atoms with van der Waals surface area (Å²) in [4.78, 5) is 0. The average Bonchev–Trinajstić information content (AvgIpc) is 1.96. The van der Waals surface area contributed by atoms with E-state index in [-0.39, 0.29) is 0 Å². The molecule has 0 rings (SSSR count). The van der Waals surface area contributed by atoms with Crippen LogP contribution in [0.25, 0.3) is 0 Å². The predicted octanol–water partition coefficient (Wildman–Crippen LogP) is 3.28. The average molecular weight is 154 g/mol. The van der Waals surface area contributed by atoms with Crippen molar-refractivity contribution in [2.24, 2.45) is 0 Å². The maximum Gasteiger partial charge on any atom is 0.106 e. The van der Waals surface area contributed by atoms with Crippen LogP contribution in [-0.2, 0) is 4.74 Å². The van der Waals surface area contributed by atoms with Crippen molar-refractivity contribution in [3.63, 3.8) is 0 Å². The van der Waals surface area contributed by atoms with E-state index < -0.39 is 0 Å². The predicted molar refractivity (Wildman–Crippen MR) is 49.4 cm³/mol. The van der Waals surface area contributed by atoms with Crippen LogP contribution in [0.1, 0.15) is 33.6 Å². The summed E-state index contributed by atoms with van der Waals surface area (Å²) in [6.07, 6.45) is 8.19. The largest absolute Gasteiger partial charge is 0.497 e. The van der Waals surface area contributed by atoms with Crippen LogP contribution in [0.3, 0.4) is 0 Å². The molecule has 1 heteroatoms. The van der Waals surface area contributed by atoms with Crippen molar-refractivity contribution in [3.05, 3.63) is 24.0 Å². The lowest BCUT2D eigenvalue weighted by molar-refractivity contribution is 0.287. The van der Waals surface area contributed by atoms with Gasteiger partial charge in [0.1, 0.15) is 6.61 Å². The van der Waals surface area contributed by atoms with Crippen LogP contribution in [0.4, 0.5) is 0 Å². The zero-order valence-corrected chi connectivity index (χ0v) is 7.76.